The number of hydrogen-bond donors (Lipinski definition) is 1. The van der Waals surface area contributed by atoms with Crippen molar-refractivity contribution >= 4 is 28.9 Å². The molecule has 108 valence electrons. The summed E-state index contributed by atoms with van der Waals surface area (Å²) in [6, 6.07) is 6.70. The van der Waals surface area contributed by atoms with Crippen molar-refractivity contribution in [2.75, 3.05) is 12.4 Å². The smallest absolute Gasteiger partial charge is 0.292 e. The third kappa shape index (κ3) is 3.42. The molecule has 0 fully saturated rings. The van der Waals surface area contributed by atoms with Crippen LogP contribution in [0.2, 0.25) is 5.02 Å². The van der Waals surface area contributed by atoms with E-state index >= 15 is 0 Å². The van der Waals surface area contributed by atoms with Crippen molar-refractivity contribution < 1.29 is 14.5 Å². The fourth-order valence-electron chi connectivity index (χ4n) is 1.50. The molecule has 0 aliphatic carbocycles. The van der Waals surface area contributed by atoms with Crippen molar-refractivity contribution in [2.24, 2.45) is 0 Å². The van der Waals surface area contributed by atoms with Gasteiger partial charge in [0.15, 0.2) is 5.69 Å². The number of anilines is 1. The number of halogens is 1. The number of nitrogens with zero attached hydrogens (tertiary/aromatic N) is 3. The van der Waals surface area contributed by atoms with Gasteiger partial charge in [0.25, 0.3) is 11.6 Å². The van der Waals surface area contributed by atoms with Crippen molar-refractivity contribution in [2.45, 2.75) is 0 Å². The molecular weight excluding hydrogens is 300 g/mol. The standard InChI is InChI=1S/C12H9ClN4O4/c1-21-11-5-3-8(15-16-11)12(18)14-9-6-7(13)2-4-10(9)17(19)20/h2-6H,1H3,(H,14,18). The van der Waals surface area contributed by atoms with Crippen LogP contribution in [0, 0.1) is 10.1 Å². The van der Waals surface area contributed by atoms with Crippen molar-refractivity contribution in [3.05, 3.63) is 51.2 Å². The quantitative estimate of drug-likeness (QED) is 0.686. The Balaban J connectivity index is 2.26. The Kier molecular flexibility index (Phi) is 4.29. The van der Waals surface area contributed by atoms with Crippen LogP contribution in [0.1, 0.15) is 10.5 Å². The van der Waals surface area contributed by atoms with Gasteiger partial charge in [-0.3, -0.25) is 14.9 Å². The second kappa shape index (κ2) is 6.14. The normalized spacial score (nSPS) is 10.0. The first kappa shape index (κ1) is 14.7. The van der Waals surface area contributed by atoms with Gasteiger partial charge in [-0.05, 0) is 18.2 Å². The maximum Gasteiger partial charge on any atom is 0.292 e. The first-order chi connectivity index (χ1) is 10.0. The van der Waals surface area contributed by atoms with Gasteiger partial charge in [-0.15, -0.1) is 10.2 Å². The molecule has 9 heteroatoms. The predicted molar refractivity (Wildman–Crippen MR) is 74.6 cm³/mol. The number of aromatic nitrogens is 2. The highest BCUT2D eigenvalue weighted by atomic mass is 35.5. The molecule has 0 aliphatic rings. The van der Waals surface area contributed by atoms with Crippen molar-refractivity contribution in [1.82, 2.24) is 10.2 Å². The lowest BCUT2D eigenvalue weighted by atomic mass is 10.2. The molecule has 0 atom stereocenters. The van der Waals surface area contributed by atoms with Crippen molar-refractivity contribution in [3.63, 3.8) is 0 Å². The fraction of sp³-hybridized carbons (Fsp3) is 0.0833. The topological polar surface area (TPSA) is 107 Å². The Morgan fingerprint density at radius 3 is 2.67 bits per heavy atom. The van der Waals surface area contributed by atoms with Gasteiger partial charge >= 0.3 is 0 Å². The van der Waals surface area contributed by atoms with E-state index in [2.05, 4.69) is 15.5 Å². The third-order valence-corrected chi connectivity index (χ3v) is 2.72. The van der Waals surface area contributed by atoms with Crippen LogP contribution >= 0.6 is 11.6 Å². The number of benzene rings is 1. The summed E-state index contributed by atoms with van der Waals surface area (Å²) in [4.78, 5) is 22.3. The number of ether oxygens (including phenoxy) is 1. The molecule has 1 aromatic carbocycles. The zero-order valence-corrected chi connectivity index (χ0v) is 11.5. The maximum absolute atomic E-state index is 12.0. The van der Waals surface area contributed by atoms with Crippen LogP contribution in [-0.2, 0) is 0 Å². The zero-order valence-electron chi connectivity index (χ0n) is 10.7. The molecular formula is C12H9ClN4O4. The molecule has 1 heterocycles. The van der Waals surface area contributed by atoms with Crippen LogP contribution in [0.5, 0.6) is 5.88 Å². The minimum Gasteiger partial charge on any atom is -0.480 e. The molecule has 1 aromatic heterocycles. The number of nitro benzene ring substituents is 1. The molecule has 0 spiro atoms. The number of carbonyl (C=O) groups excluding carboxylic acids is 1. The largest absolute Gasteiger partial charge is 0.480 e. The summed E-state index contributed by atoms with van der Waals surface area (Å²) in [6.07, 6.45) is 0. The van der Waals surface area contributed by atoms with Crippen LogP contribution in [0.15, 0.2) is 30.3 Å². The highest BCUT2D eigenvalue weighted by Crippen LogP contribution is 2.27. The average Bonchev–Trinajstić information content (AvgIpc) is 2.47. The van der Waals surface area contributed by atoms with Crippen LogP contribution < -0.4 is 10.1 Å². The monoisotopic (exact) mass is 308 g/mol. The second-order valence-corrected chi connectivity index (χ2v) is 4.27. The molecule has 2 aromatic rings. The second-order valence-electron chi connectivity index (χ2n) is 3.83. The number of methoxy groups -OCH3 is 1. The first-order valence-electron chi connectivity index (χ1n) is 5.64. The van der Waals surface area contributed by atoms with Crippen LogP contribution in [0.25, 0.3) is 0 Å². The van der Waals surface area contributed by atoms with Crippen molar-refractivity contribution in [1.29, 1.82) is 0 Å². The highest BCUT2D eigenvalue weighted by molar-refractivity contribution is 6.31. The molecule has 2 rings (SSSR count). The van der Waals surface area contributed by atoms with E-state index in [4.69, 9.17) is 16.3 Å². The summed E-state index contributed by atoms with van der Waals surface area (Å²) in [5, 5.41) is 20.8. The van der Waals surface area contributed by atoms with Gasteiger partial charge in [-0.2, -0.15) is 0 Å². The number of hydrogen-bond acceptors (Lipinski definition) is 6. The Labute approximate surface area is 123 Å². The van der Waals surface area contributed by atoms with Gasteiger partial charge in [0.2, 0.25) is 5.88 Å². The van der Waals surface area contributed by atoms with Gasteiger partial charge in [0, 0.05) is 17.2 Å². The van der Waals surface area contributed by atoms with Gasteiger partial charge < -0.3 is 10.1 Å². The van der Waals surface area contributed by atoms with Crippen LogP contribution in [-0.4, -0.2) is 28.1 Å². The van der Waals surface area contributed by atoms with E-state index in [1.807, 2.05) is 0 Å². The highest BCUT2D eigenvalue weighted by Gasteiger charge is 2.18. The molecule has 0 aliphatic heterocycles. The van der Waals surface area contributed by atoms with Gasteiger partial charge in [-0.1, -0.05) is 11.6 Å². The minimum absolute atomic E-state index is 0.00919. The average molecular weight is 309 g/mol. The van der Waals surface area contributed by atoms with E-state index in [0.29, 0.717) is 0 Å². The summed E-state index contributed by atoms with van der Waals surface area (Å²) in [5.74, 6) is -0.393. The summed E-state index contributed by atoms with van der Waals surface area (Å²) in [7, 11) is 1.42. The van der Waals surface area contributed by atoms with E-state index in [0.717, 1.165) is 0 Å². The molecule has 0 unspecified atom stereocenters. The Bertz CT molecular complexity index is 690. The molecule has 0 saturated carbocycles. The van der Waals surface area contributed by atoms with Gasteiger partial charge in [-0.25, -0.2) is 0 Å². The fourth-order valence-corrected chi connectivity index (χ4v) is 1.68. The third-order valence-electron chi connectivity index (χ3n) is 2.49. The molecule has 1 amide bonds. The molecule has 1 N–H and O–H groups in total. The molecule has 8 nitrogen and oxygen atoms in total. The summed E-state index contributed by atoms with van der Waals surface area (Å²) >= 11 is 5.77. The molecule has 0 bridgehead atoms. The number of nitro groups is 1. The number of carbonyl (C=O) groups is 1. The summed E-state index contributed by atoms with van der Waals surface area (Å²) in [6.45, 7) is 0. The van der Waals surface area contributed by atoms with Crippen LogP contribution in [0.4, 0.5) is 11.4 Å². The number of nitrogens with one attached hydrogen (secondary N) is 1. The Hall–Kier alpha value is -2.74. The van der Waals surface area contributed by atoms with Gasteiger partial charge in [0.1, 0.15) is 5.69 Å². The van der Waals surface area contributed by atoms with E-state index in [1.165, 1.54) is 37.4 Å². The summed E-state index contributed by atoms with van der Waals surface area (Å²) < 4.78 is 4.82. The lowest BCUT2D eigenvalue weighted by Gasteiger charge is -2.06. The lowest BCUT2D eigenvalue weighted by Crippen LogP contribution is -2.15. The van der Waals surface area contributed by atoms with Crippen molar-refractivity contribution in [3.8, 4) is 5.88 Å². The molecule has 0 radical (unpaired) electrons. The van der Waals surface area contributed by atoms with Gasteiger partial charge in [0.05, 0.1) is 12.0 Å². The van der Waals surface area contributed by atoms with E-state index in [1.54, 1.807) is 0 Å². The maximum atomic E-state index is 12.0. The number of rotatable bonds is 4. The summed E-state index contributed by atoms with van der Waals surface area (Å²) in [5.41, 5.74) is -0.297. The molecule has 21 heavy (non-hydrogen) atoms. The van der Waals surface area contributed by atoms with E-state index in [-0.39, 0.29) is 28.0 Å². The number of amides is 1. The lowest BCUT2D eigenvalue weighted by molar-refractivity contribution is -0.383. The van der Waals surface area contributed by atoms with E-state index < -0.39 is 10.8 Å². The first-order valence-corrected chi connectivity index (χ1v) is 6.02. The van der Waals surface area contributed by atoms with Crippen LogP contribution in [0.3, 0.4) is 0 Å². The predicted octanol–water partition coefficient (Wildman–Crippen LogP) is 2.30. The molecule has 0 saturated heterocycles. The minimum atomic E-state index is -0.643. The Morgan fingerprint density at radius 2 is 2.10 bits per heavy atom. The Morgan fingerprint density at radius 1 is 1.33 bits per heavy atom. The SMILES string of the molecule is COc1ccc(C(=O)Nc2cc(Cl)ccc2[N+](=O)[O-])nn1. The van der Waals surface area contributed by atoms with E-state index in [9.17, 15) is 14.9 Å². The zero-order chi connectivity index (χ0) is 15.4.